The van der Waals surface area contributed by atoms with Gasteiger partial charge in [-0.25, -0.2) is 4.79 Å². The maximum atomic E-state index is 11.8. The third kappa shape index (κ3) is 6.09. The summed E-state index contributed by atoms with van der Waals surface area (Å²) in [6.07, 6.45) is -0.205. The second-order valence-corrected chi connectivity index (χ2v) is 7.87. The number of carbonyl (C=O) groups is 1. The van der Waals surface area contributed by atoms with Crippen molar-refractivity contribution >= 4 is 6.09 Å². The molecule has 0 aromatic heterocycles. The molecule has 5 heteroatoms. The molecular weight excluding hydrogens is 254 g/mol. The van der Waals surface area contributed by atoms with Crippen LogP contribution in [0.5, 0.6) is 0 Å². The number of nitrogens with one attached hydrogen (secondary N) is 1. The minimum atomic E-state index is -0.413. The quantitative estimate of drug-likeness (QED) is 0.836. The van der Waals surface area contributed by atoms with Gasteiger partial charge in [-0.1, -0.05) is 13.8 Å². The molecule has 0 radical (unpaired) electrons. The second kappa shape index (κ2) is 6.31. The van der Waals surface area contributed by atoms with Gasteiger partial charge in [-0.05, 0) is 40.3 Å². The second-order valence-electron chi connectivity index (χ2n) is 7.87. The number of carbonyl (C=O) groups excluding carboxylic acids is 1. The largest absolute Gasteiger partial charge is 0.444 e. The Bertz CT molecular complexity index is 329. The first-order chi connectivity index (χ1) is 8.98. The predicted molar refractivity (Wildman–Crippen MR) is 81.9 cm³/mol. The van der Waals surface area contributed by atoms with Crippen molar-refractivity contribution in [3.8, 4) is 0 Å². The van der Waals surface area contributed by atoms with Gasteiger partial charge in [-0.15, -0.1) is 0 Å². The summed E-state index contributed by atoms with van der Waals surface area (Å²) in [7, 11) is 4.19. The van der Waals surface area contributed by atoms with Crippen LogP contribution in [-0.2, 0) is 4.74 Å². The monoisotopic (exact) mass is 285 g/mol. The fraction of sp³-hybridized carbons (Fsp3) is 0.933. The Morgan fingerprint density at radius 2 is 1.80 bits per heavy atom. The Hall–Kier alpha value is -0.810. The summed E-state index contributed by atoms with van der Waals surface area (Å²) in [5, 5.41) is 3.54. The third-order valence-electron chi connectivity index (χ3n) is 3.15. The highest BCUT2D eigenvalue weighted by Crippen LogP contribution is 2.18. The Morgan fingerprint density at radius 3 is 2.25 bits per heavy atom. The molecule has 0 aromatic carbocycles. The summed E-state index contributed by atoms with van der Waals surface area (Å²) in [6.45, 7) is 13.7. The molecule has 0 aromatic rings. The molecule has 1 aliphatic heterocycles. The van der Waals surface area contributed by atoms with Gasteiger partial charge in [-0.2, -0.15) is 0 Å². The highest BCUT2D eigenvalue weighted by Gasteiger charge is 2.34. The molecular formula is C15H31N3O2. The molecule has 118 valence electrons. The van der Waals surface area contributed by atoms with Gasteiger partial charge < -0.3 is 19.9 Å². The van der Waals surface area contributed by atoms with E-state index in [9.17, 15) is 4.79 Å². The summed E-state index contributed by atoms with van der Waals surface area (Å²) in [5.74, 6) is 0. The van der Waals surface area contributed by atoms with Crippen molar-refractivity contribution in [1.82, 2.24) is 15.1 Å². The molecule has 1 aliphatic rings. The lowest BCUT2D eigenvalue weighted by Crippen LogP contribution is -2.61. The SMILES string of the molecule is CN(C)CC(C)(C)CNC1CN(C(=O)OC(C)(C)C)C1. The molecule has 0 spiro atoms. The van der Waals surface area contributed by atoms with Crippen molar-refractivity contribution < 1.29 is 9.53 Å². The first kappa shape index (κ1) is 17.2. The number of ether oxygens (including phenoxy) is 1. The van der Waals surface area contributed by atoms with Crippen LogP contribution in [0.3, 0.4) is 0 Å². The Labute approximate surface area is 123 Å². The van der Waals surface area contributed by atoms with Gasteiger partial charge in [0.2, 0.25) is 0 Å². The lowest BCUT2D eigenvalue weighted by molar-refractivity contribution is 0.00435. The molecule has 0 bridgehead atoms. The van der Waals surface area contributed by atoms with Crippen LogP contribution < -0.4 is 5.32 Å². The number of hydrogen-bond acceptors (Lipinski definition) is 4. The molecule has 1 amide bonds. The first-order valence-electron chi connectivity index (χ1n) is 7.34. The van der Waals surface area contributed by atoms with Crippen LogP contribution in [0.4, 0.5) is 4.79 Å². The van der Waals surface area contributed by atoms with Gasteiger partial charge in [0, 0.05) is 32.2 Å². The van der Waals surface area contributed by atoms with E-state index in [2.05, 4.69) is 38.2 Å². The molecule has 20 heavy (non-hydrogen) atoms. The minimum Gasteiger partial charge on any atom is -0.444 e. The molecule has 1 fully saturated rings. The molecule has 1 N–H and O–H groups in total. The fourth-order valence-electron chi connectivity index (χ4n) is 2.42. The van der Waals surface area contributed by atoms with E-state index < -0.39 is 5.60 Å². The molecule has 1 heterocycles. The van der Waals surface area contributed by atoms with Crippen molar-refractivity contribution in [2.45, 2.75) is 46.3 Å². The number of nitrogens with zero attached hydrogens (tertiary/aromatic N) is 2. The van der Waals surface area contributed by atoms with Crippen LogP contribution in [0, 0.1) is 5.41 Å². The van der Waals surface area contributed by atoms with E-state index in [-0.39, 0.29) is 11.5 Å². The average Bonchev–Trinajstić information content (AvgIpc) is 2.08. The molecule has 0 atom stereocenters. The van der Waals surface area contributed by atoms with Crippen molar-refractivity contribution in [1.29, 1.82) is 0 Å². The number of rotatable bonds is 5. The van der Waals surface area contributed by atoms with E-state index in [0.717, 1.165) is 26.2 Å². The highest BCUT2D eigenvalue weighted by molar-refractivity contribution is 5.69. The Morgan fingerprint density at radius 1 is 1.25 bits per heavy atom. The van der Waals surface area contributed by atoms with Crippen LogP contribution in [0.15, 0.2) is 0 Å². The van der Waals surface area contributed by atoms with Crippen LogP contribution >= 0.6 is 0 Å². The van der Waals surface area contributed by atoms with Crippen LogP contribution in [0.25, 0.3) is 0 Å². The fourth-order valence-corrected chi connectivity index (χ4v) is 2.42. The summed E-state index contributed by atoms with van der Waals surface area (Å²) < 4.78 is 5.34. The number of likely N-dealkylation sites (tertiary alicyclic amines) is 1. The zero-order valence-corrected chi connectivity index (χ0v) is 14.1. The van der Waals surface area contributed by atoms with Gasteiger partial charge >= 0.3 is 6.09 Å². The summed E-state index contributed by atoms with van der Waals surface area (Å²) in [4.78, 5) is 15.8. The zero-order valence-electron chi connectivity index (χ0n) is 14.1. The maximum absolute atomic E-state index is 11.8. The topological polar surface area (TPSA) is 44.8 Å². The highest BCUT2D eigenvalue weighted by atomic mass is 16.6. The lowest BCUT2D eigenvalue weighted by Gasteiger charge is -2.41. The normalized spacial score (nSPS) is 17.3. The van der Waals surface area contributed by atoms with Gasteiger partial charge in [0.1, 0.15) is 5.60 Å². The van der Waals surface area contributed by atoms with Gasteiger partial charge in [0.05, 0.1) is 0 Å². The van der Waals surface area contributed by atoms with E-state index in [1.165, 1.54) is 0 Å². The average molecular weight is 285 g/mol. The van der Waals surface area contributed by atoms with Gasteiger partial charge in [0.25, 0.3) is 0 Å². The van der Waals surface area contributed by atoms with Gasteiger partial charge in [-0.3, -0.25) is 0 Å². The van der Waals surface area contributed by atoms with Crippen molar-refractivity contribution in [3.05, 3.63) is 0 Å². The third-order valence-corrected chi connectivity index (χ3v) is 3.15. The van der Waals surface area contributed by atoms with E-state index in [1.807, 2.05) is 20.8 Å². The van der Waals surface area contributed by atoms with Crippen LogP contribution in [0.1, 0.15) is 34.6 Å². The molecule has 0 unspecified atom stereocenters. The van der Waals surface area contributed by atoms with E-state index in [4.69, 9.17) is 4.74 Å². The molecule has 0 aliphatic carbocycles. The number of hydrogen-bond donors (Lipinski definition) is 1. The maximum Gasteiger partial charge on any atom is 0.410 e. The molecule has 1 saturated heterocycles. The summed E-state index contributed by atoms with van der Waals surface area (Å²) >= 11 is 0. The van der Waals surface area contributed by atoms with E-state index >= 15 is 0 Å². The molecule has 1 rings (SSSR count). The number of amides is 1. The van der Waals surface area contributed by atoms with Crippen molar-refractivity contribution in [2.24, 2.45) is 5.41 Å². The predicted octanol–water partition coefficient (Wildman–Crippen LogP) is 1.78. The van der Waals surface area contributed by atoms with E-state index in [1.54, 1.807) is 4.90 Å². The van der Waals surface area contributed by atoms with Crippen LogP contribution in [-0.4, -0.2) is 67.8 Å². The Kier molecular flexibility index (Phi) is 5.44. The summed E-state index contributed by atoms with van der Waals surface area (Å²) in [5.41, 5.74) is -0.181. The standard InChI is InChI=1S/C15H31N3O2/c1-14(2,3)20-13(19)18-8-12(9-18)16-10-15(4,5)11-17(6)7/h12,16H,8-11H2,1-7H3. The molecule has 5 nitrogen and oxygen atoms in total. The smallest absolute Gasteiger partial charge is 0.410 e. The van der Waals surface area contributed by atoms with E-state index in [0.29, 0.717) is 6.04 Å². The Balaban J connectivity index is 2.24. The first-order valence-corrected chi connectivity index (χ1v) is 7.34. The van der Waals surface area contributed by atoms with Crippen molar-refractivity contribution in [3.63, 3.8) is 0 Å². The zero-order chi connectivity index (χ0) is 15.6. The van der Waals surface area contributed by atoms with Crippen molar-refractivity contribution in [2.75, 3.05) is 40.3 Å². The van der Waals surface area contributed by atoms with Gasteiger partial charge in [0.15, 0.2) is 0 Å². The lowest BCUT2D eigenvalue weighted by atomic mass is 9.92. The molecule has 0 saturated carbocycles. The van der Waals surface area contributed by atoms with Crippen LogP contribution in [0.2, 0.25) is 0 Å². The summed E-state index contributed by atoms with van der Waals surface area (Å²) in [6, 6.07) is 0.393. The minimum absolute atomic E-state index is 0.205.